The molecule has 0 bridgehead atoms. The number of unbranched alkanes of at least 4 members (excludes halogenated alkanes) is 2. The Morgan fingerprint density at radius 3 is 1.80 bits per heavy atom. The molecule has 0 aromatic rings. The van der Waals surface area contributed by atoms with Gasteiger partial charge >= 0.3 is 0 Å². The summed E-state index contributed by atoms with van der Waals surface area (Å²) in [6, 6.07) is 0. The number of carbonyl (C=O) groups excluding carboxylic acids is 1. The summed E-state index contributed by atoms with van der Waals surface area (Å²) in [4.78, 5) is 9.56. The van der Waals surface area contributed by atoms with E-state index in [1.807, 2.05) is 13.8 Å². The molecule has 0 radical (unpaired) electrons. The van der Waals surface area contributed by atoms with Gasteiger partial charge in [0.1, 0.15) is 6.29 Å². The van der Waals surface area contributed by atoms with Gasteiger partial charge in [0.2, 0.25) is 0 Å². The lowest BCUT2D eigenvalue weighted by atomic mass is 10.3. The zero-order valence-electron chi connectivity index (χ0n) is 7.68. The van der Waals surface area contributed by atoms with Crippen molar-refractivity contribution in [3.05, 3.63) is 0 Å². The van der Waals surface area contributed by atoms with Gasteiger partial charge in [0, 0.05) is 6.42 Å². The van der Waals surface area contributed by atoms with Crippen LogP contribution in [-0.2, 0) is 4.79 Å². The van der Waals surface area contributed by atoms with Crippen LogP contribution < -0.4 is 5.73 Å². The van der Waals surface area contributed by atoms with Gasteiger partial charge in [-0.15, -0.1) is 0 Å². The minimum absolute atomic E-state index is 0.733. The summed E-state index contributed by atoms with van der Waals surface area (Å²) in [7, 11) is 1.50. The Bertz CT molecular complexity index is 38.2. The van der Waals surface area contributed by atoms with Crippen LogP contribution in [0.3, 0.4) is 0 Å². The van der Waals surface area contributed by atoms with Crippen LogP contribution in [0.25, 0.3) is 0 Å². The molecule has 2 N–H and O–H groups in total. The monoisotopic (exact) mass is 147 g/mol. The molecular weight excluding hydrogens is 126 g/mol. The van der Waals surface area contributed by atoms with Crippen molar-refractivity contribution in [2.45, 2.75) is 40.0 Å². The van der Waals surface area contributed by atoms with E-state index in [0.717, 1.165) is 25.5 Å². The van der Waals surface area contributed by atoms with Gasteiger partial charge in [0.15, 0.2) is 0 Å². The van der Waals surface area contributed by atoms with Gasteiger partial charge in [-0.05, 0) is 13.5 Å². The number of carbonyl (C=O) groups is 1. The Morgan fingerprint density at radius 1 is 1.30 bits per heavy atom. The van der Waals surface area contributed by atoms with Gasteiger partial charge in [-0.3, -0.25) is 0 Å². The van der Waals surface area contributed by atoms with Crippen molar-refractivity contribution >= 4 is 6.29 Å². The van der Waals surface area contributed by atoms with E-state index in [0.29, 0.717) is 0 Å². The van der Waals surface area contributed by atoms with Gasteiger partial charge in [-0.2, -0.15) is 0 Å². The highest BCUT2D eigenvalue weighted by molar-refractivity contribution is 5.48. The fourth-order valence-corrected chi connectivity index (χ4v) is 0.287. The molecular formula is C8H21NO. The van der Waals surface area contributed by atoms with Crippen LogP contribution in [0.15, 0.2) is 0 Å². The molecule has 0 aliphatic heterocycles. The molecule has 0 saturated carbocycles. The standard InChI is InChI=1S/C5H10O.C2H6.CH5N/c1-2-3-4-5-6;2*1-2/h5H,2-4H2,1H3;1-2H3;2H2,1H3. The van der Waals surface area contributed by atoms with Crippen molar-refractivity contribution < 1.29 is 4.79 Å². The highest BCUT2D eigenvalue weighted by Gasteiger charge is 1.74. The molecule has 64 valence electrons. The van der Waals surface area contributed by atoms with E-state index in [9.17, 15) is 4.79 Å². The van der Waals surface area contributed by atoms with E-state index in [4.69, 9.17) is 0 Å². The lowest BCUT2D eigenvalue weighted by molar-refractivity contribution is -0.107. The molecule has 2 nitrogen and oxygen atoms in total. The molecule has 0 rings (SSSR count). The maximum Gasteiger partial charge on any atom is 0.119 e. The number of hydrogen-bond donors (Lipinski definition) is 1. The normalized spacial score (nSPS) is 6.10. The molecule has 0 spiro atoms. The average molecular weight is 147 g/mol. The van der Waals surface area contributed by atoms with Gasteiger partial charge in [-0.1, -0.05) is 27.2 Å². The van der Waals surface area contributed by atoms with E-state index < -0.39 is 0 Å². The van der Waals surface area contributed by atoms with Crippen molar-refractivity contribution in [2.24, 2.45) is 5.73 Å². The van der Waals surface area contributed by atoms with Crippen molar-refractivity contribution in [3.8, 4) is 0 Å². The average Bonchev–Trinajstić information content (AvgIpc) is 2.08. The predicted molar refractivity (Wildman–Crippen MR) is 47.0 cm³/mol. The fourth-order valence-electron chi connectivity index (χ4n) is 0.287. The first-order valence-electron chi connectivity index (χ1n) is 3.93. The third-order valence-electron chi connectivity index (χ3n) is 0.676. The Kier molecular flexibility index (Phi) is 62.2. The van der Waals surface area contributed by atoms with Crippen LogP contribution in [-0.4, -0.2) is 13.3 Å². The van der Waals surface area contributed by atoms with Gasteiger partial charge in [0.05, 0.1) is 0 Å². The third-order valence-corrected chi connectivity index (χ3v) is 0.676. The lowest BCUT2D eigenvalue weighted by Crippen LogP contribution is -1.70. The maximum atomic E-state index is 9.56. The minimum Gasteiger partial charge on any atom is -0.333 e. The molecule has 0 amide bonds. The summed E-state index contributed by atoms with van der Waals surface area (Å²) in [6.07, 6.45) is 3.86. The predicted octanol–water partition coefficient (Wildman–Crippen LogP) is 1.98. The van der Waals surface area contributed by atoms with Crippen LogP contribution in [0, 0.1) is 0 Å². The SMILES string of the molecule is CC.CCCCC=O.CN. The van der Waals surface area contributed by atoms with Crippen LogP contribution in [0.5, 0.6) is 0 Å². The van der Waals surface area contributed by atoms with E-state index in [2.05, 4.69) is 12.7 Å². The van der Waals surface area contributed by atoms with Crippen molar-refractivity contribution in [1.29, 1.82) is 0 Å². The summed E-state index contributed by atoms with van der Waals surface area (Å²) in [5.74, 6) is 0. The molecule has 2 heteroatoms. The number of hydrogen-bond acceptors (Lipinski definition) is 2. The number of nitrogens with two attached hydrogens (primary N) is 1. The van der Waals surface area contributed by atoms with Crippen LogP contribution in [0.4, 0.5) is 0 Å². The van der Waals surface area contributed by atoms with Crippen LogP contribution in [0.1, 0.15) is 40.0 Å². The highest BCUT2D eigenvalue weighted by Crippen LogP contribution is 1.87. The first-order chi connectivity index (χ1) is 4.91. The van der Waals surface area contributed by atoms with Gasteiger partial charge in [0.25, 0.3) is 0 Å². The highest BCUT2D eigenvalue weighted by atomic mass is 16.1. The van der Waals surface area contributed by atoms with Crippen molar-refractivity contribution in [3.63, 3.8) is 0 Å². The minimum atomic E-state index is 0.733. The molecule has 10 heavy (non-hydrogen) atoms. The topological polar surface area (TPSA) is 43.1 Å². The smallest absolute Gasteiger partial charge is 0.119 e. The summed E-state index contributed by atoms with van der Waals surface area (Å²) in [5.41, 5.74) is 4.50. The number of rotatable bonds is 3. The molecule has 0 aromatic heterocycles. The number of aldehydes is 1. The lowest BCUT2D eigenvalue weighted by Gasteiger charge is -1.79. The Morgan fingerprint density at radius 2 is 1.70 bits per heavy atom. The first-order valence-corrected chi connectivity index (χ1v) is 3.93. The molecule has 0 atom stereocenters. The van der Waals surface area contributed by atoms with Crippen LogP contribution >= 0.6 is 0 Å². The van der Waals surface area contributed by atoms with E-state index in [1.165, 1.54) is 7.05 Å². The van der Waals surface area contributed by atoms with Crippen molar-refractivity contribution in [1.82, 2.24) is 0 Å². The fraction of sp³-hybridized carbons (Fsp3) is 0.875. The van der Waals surface area contributed by atoms with Gasteiger partial charge < -0.3 is 10.5 Å². The second-order valence-electron chi connectivity index (χ2n) is 1.31. The summed E-state index contributed by atoms with van der Waals surface area (Å²) in [5, 5.41) is 0. The molecule has 0 aliphatic carbocycles. The molecule has 0 heterocycles. The molecule has 0 fully saturated rings. The first kappa shape index (κ1) is 16.3. The van der Waals surface area contributed by atoms with E-state index in [1.54, 1.807) is 0 Å². The second kappa shape index (κ2) is 38.1. The molecule has 0 aliphatic rings. The Hall–Kier alpha value is -0.370. The molecule has 0 aromatic carbocycles. The molecule has 0 saturated heterocycles. The van der Waals surface area contributed by atoms with E-state index in [-0.39, 0.29) is 0 Å². The van der Waals surface area contributed by atoms with E-state index >= 15 is 0 Å². The van der Waals surface area contributed by atoms with Gasteiger partial charge in [-0.25, -0.2) is 0 Å². The zero-order valence-corrected chi connectivity index (χ0v) is 7.68. The summed E-state index contributed by atoms with van der Waals surface area (Å²) >= 11 is 0. The maximum absolute atomic E-state index is 9.56. The van der Waals surface area contributed by atoms with Crippen molar-refractivity contribution in [2.75, 3.05) is 7.05 Å². The third kappa shape index (κ3) is 48.5. The summed E-state index contributed by atoms with van der Waals surface area (Å²) < 4.78 is 0. The Balaban J connectivity index is -0.000000105. The zero-order chi connectivity index (χ0) is 8.83. The summed E-state index contributed by atoms with van der Waals surface area (Å²) in [6.45, 7) is 6.07. The Labute approximate surface area is 64.8 Å². The quantitative estimate of drug-likeness (QED) is 0.490. The largest absolute Gasteiger partial charge is 0.333 e. The molecule has 0 unspecified atom stereocenters. The van der Waals surface area contributed by atoms with Crippen LogP contribution in [0.2, 0.25) is 0 Å². The second-order valence-corrected chi connectivity index (χ2v) is 1.31.